The van der Waals surface area contributed by atoms with E-state index in [4.69, 9.17) is 5.11 Å². The summed E-state index contributed by atoms with van der Waals surface area (Å²) in [5.74, 6) is -1.31. The number of aliphatic hydroxyl groups excluding tert-OH is 1. The van der Waals surface area contributed by atoms with Crippen molar-refractivity contribution in [2.24, 2.45) is 0 Å². The average molecular weight is 296 g/mol. The third kappa shape index (κ3) is 4.44. The third-order valence-corrected chi connectivity index (χ3v) is 3.08. The Balaban J connectivity index is 3.13. The second-order valence-electron chi connectivity index (χ2n) is 4.73. The summed E-state index contributed by atoms with van der Waals surface area (Å²) in [6, 6.07) is 1.18. The Bertz CT molecular complexity index is 579. The van der Waals surface area contributed by atoms with Gasteiger partial charge in [-0.3, -0.25) is 14.5 Å². The van der Waals surface area contributed by atoms with Gasteiger partial charge in [-0.25, -0.2) is 0 Å². The number of aromatic hydroxyl groups is 1. The van der Waals surface area contributed by atoms with E-state index in [2.05, 4.69) is 6.58 Å². The van der Waals surface area contributed by atoms with Crippen LogP contribution in [0.15, 0.2) is 23.5 Å². The number of hydrogen-bond donors (Lipinski definition) is 3. The molecule has 1 heterocycles. The summed E-state index contributed by atoms with van der Waals surface area (Å²) < 4.78 is 1.60. The minimum atomic E-state index is -0.918. The molecule has 0 atom stereocenters. The minimum Gasteiger partial charge on any atom is -0.503 e. The molecule has 0 aliphatic heterocycles. The zero-order valence-corrected chi connectivity index (χ0v) is 11.9. The number of pyridine rings is 1. The first-order chi connectivity index (χ1) is 9.90. The van der Waals surface area contributed by atoms with Crippen LogP contribution in [0.1, 0.15) is 17.8 Å². The van der Waals surface area contributed by atoms with Crippen LogP contribution in [0.5, 0.6) is 5.75 Å². The van der Waals surface area contributed by atoms with Gasteiger partial charge in [0.15, 0.2) is 5.75 Å². The third-order valence-electron chi connectivity index (χ3n) is 3.08. The van der Waals surface area contributed by atoms with E-state index in [-0.39, 0.29) is 26.1 Å². The monoisotopic (exact) mass is 296 g/mol. The first kappa shape index (κ1) is 16.9. The van der Waals surface area contributed by atoms with Crippen molar-refractivity contribution in [1.82, 2.24) is 9.47 Å². The molecule has 0 aromatic carbocycles. The van der Waals surface area contributed by atoms with Gasteiger partial charge in [0.25, 0.3) is 0 Å². The van der Waals surface area contributed by atoms with Gasteiger partial charge in [-0.2, -0.15) is 0 Å². The first-order valence-electron chi connectivity index (χ1n) is 6.47. The van der Waals surface area contributed by atoms with Gasteiger partial charge < -0.3 is 19.9 Å². The van der Waals surface area contributed by atoms with Crippen LogP contribution in [-0.4, -0.2) is 44.3 Å². The molecule has 7 nitrogen and oxygen atoms in total. The van der Waals surface area contributed by atoms with Crippen LogP contribution in [0.4, 0.5) is 0 Å². The number of nitrogens with zero attached hydrogens (tertiary/aromatic N) is 2. The van der Waals surface area contributed by atoms with Gasteiger partial charge in [0.1, 0.15) is 0 Å². The fraction of sp³-hybridized carbons (Fsp3) is 0.429. The first-order valence-corrected chi connectivity index (χ1v) is 6.47. The molecule has 0 bridgehead atoms. The summed E-state index contributed by atoms with van der Waals surface area (Å²) >= 11 is 0. The smallest absolute Gasteiger partial charge is 0.304 e. The predicted octanol–water partition coefficient (Wildman–Crippen LogP) is 0.139. The topological polar surface area (TPSA) is 103 Å². The van der Waals surface area contributed by atoms with Gasteiger partial charge in [-0.15, -0.1) is 6.58 Å². The van der Waals surface area contributed by atoms with Gasteiger partial charge in [0.05, 0.1) is 18.7 Å². The molecular weight excluding hydrogens is 276 g/mol. The molecule has 3 N–H and O–H groups in total. The maximum absolute atomic E-state index is 11.7. The van der Waals surface area contributed by atoms with Crippen molar-refractivity contribution in [3.8, 4) is 5.75 Å². The highest BCUT2D eigenvalue weighted by molar-refractivity contribution is 5.66. The lowest BCUT2D eigenvalue weighted by atomic mass is 10.2. The number of aliphatic hydroxyl groups is 1. The van der Waals surface area contributed by atoms with Crippen molar-refractivity contribution < 1.29 is 20.1 Å². The van der Waals surface area contributed by atoms with Crippen molar-refractivity contribution in [3.05, 3.63) is 40.3 Å². The summed E-state index contributed by atoms with van der Waals surface area (Å²) in [6.07, 6.45) is 1.55. The summed E-state index contributed by atoms with van der Waals surface area (Å²) in [5, 5.41) is 28.0. The highest BCUT2D eigenvalue weighted by Crippen LogP contribution is 2.17. The highest BCUT2D eigenvalue weighted by Gasteiger charge is 2.16. The Kier molecular flexibility index (Phi) is 6.13. The average Bonchev–Trinajstić information content (AvgIpc) is 2.44. The lowest BCUT2D eigenvalue weighted by Gasteiger charge is -2.22. The van der Waals surface area contributed by atoms with E-state index >= 15 is 0 Å². The minimum absolute atomic E-state index is 0.0390. The van der Waals surface area contributed by atoms with Crippen LogP contribution < -0.4 is 5.43 Å². The Labute approximate surface area is 122 Å². The largest absolute Gasteiger partial charge is 0.503 e. The summed E-state index contributed by atoms with van der Waals surface area (Å²) in [5.41, 5.74) is 0.139. The Morgan fingerprint density at radius 3 is 2.71 bits per heavy atom. The van der Waals surface area contributed by atoms with E-state index in [0.29, 0.717) is 17.9 Å². The molecule has 0 amide bonds. The fourth-order valence-corrected chi connectivity index (χ4v) is 2.01. The fourth-order valence-electron chi connectivity index (χ4n) is 2.01. The molecule has 21 heavy (non-hydrogen) atoms. The maximum atomic E-state index is 11.7. The molecular formula is C14H20N2O5. The van der Waals surface area contributed by atoms with Crippen molar-refractivity contribution >= 4 is 5.97 Å². The molecule has 0 spiro atoms. The van der Waals surface area contributed by atoms with Crippen LogP contribution >= 0.6 is 0 Å². The standard InChI is InChI=1S/C14H20N2O5/c1-3-5-16-10(9-17)7-12(18)14(21)11(16)8-15(2)6-4-13(19)20/h3,7,17,21H,1,4-6,8-9H2,2H3,(H,19,20). The highest BCUT2D eigenvalue weighted by atomic mass is 16.4. The van der Waals surface area contributed by atoms with Crippen molar-refractivity contribution in [2.45, 2.75) is 26.1 Å². The number of carboxylic acids is 1. The molecule has 116 valence electrons. The number of aromatic nitrogens is 1. The van der Waals surface area contributed by atoms with E-state index in [1.54, 1.807) is 22.6 Å². The molecule has 0 fully saturated rings. The van der Waals surface area contributed by atoms with Crippen LogP contribution in [0.25, 0.3) is 0 Å². The number of allylic oxidation sites excluding steroid dienone is 1. The van der Waals surface area contributed by atoms with Crippen LogP contribution in [0.2, 0.25) is 0 Å². The Morgan fingerprint density at radius 2 is 2.19 bits per heavy atom. The lowest BCUT2D eigenvalue weighted by Crippen LogP contribution is -2.26. The van der Waals surface area contributed by atoms with Crippen molar-refractivity contribution in [1.29, 1.82) is 0 Å². The summed E-state index contributed by atoms with van der Waals surface area (Å²) in [7, 11) is 1.69. The number of rotatable bonds is 8. The maximum Gasteiger partial charge on any atom is 0.304 e. The molecule has 1 aromatic rings. The number of aliphatic carboxylic acids is 1. The molecule has 0 saturated heterocycles. The van der Waals surface area contributed by atoms with Gasteiger partial charge in [-0.1, -0.05) is 6.08 Å². The van der Waals surface area contributed by atoms with Gasteiger partial charge >= 0.3 is 5.97 Å². The van der Waals surface area contributed by atoms with Crippen molar-refractivity contribution in [2.75, 3.05) is 13.6 Å². The molecule has 1 aromatic heterocycles. The van der Waals surface area contributed by atoms with Gasteiger partial charge in [0.2, 0.25) is 5.43 Å². The van der Waals surface area contributed by atoms with Crippen LogP contribution in [-0.2, 0) is 24.5 Å². The summed E-state index contributed by atoms with van der Waals surface area (Å²) in [6.45, 7) is 4.07. The van der Waals surface area contributed by atoms with Crippen molar-refractivity contribution in [3.63, 3.8) is 0 Å². The number of hydrogen-bond acceptors (Lipinski definition) is 5. The van der Waals surface area contributed by atoms with E-state index < -0.39 is 17.1 Å². The van der Waals surface area contributed by atoms with E-state index in [1.165, 1.54) is 6.07 Å². The van der Waals surface area contributed by atoms with Crippen LogP contribution in [0.3, 0.4) is 0 Å². The second-order valence-corrected chi connectivity index (χ2v) is 4.73. The molecule has 0 aliphatic carbocycles. The molecule has 0 unspecified atom stereocenters. The van der Waals surface area contributed by atoms with E-state index in [0.717, 1.165) is 0 Å². The molecule has 7 heteroatoms. The zero-order valence-electron chi connectivity index (χ0n) is 11.9. The van der Waals surface area contributed by atoms with E-state index in [1.807, 2.05) is 0 Å². The van der Waals surface area contributed by atoms with E-state index in [9.17, 15) is 19.8 Å². The van der Waals surface area contributed by atoms with Gasteiger partial charge in [-0.05, 0) is 7.05 Å². The predicted molar refractivity (Wildman–Crippen MR) is 77.1 cm³/mol. The second kappa shape index (κ2) is 7.61. The van der Waals surface area contributed by atoms with Crippen LogP contribution in [0, 0.1) is 0 Å². The molecule has 1 rings (SSSR count). The zero-order chi connectivity index (χ0) is 16.0. The molecule has 0 radical (unpaired) electrons. The molecule has 0 saturated carbocycles. The Hall–Kier alpha value is -2.12. The normalized spacial score (nSPS) is 10.8. The molecule has 0 aliphatic rings. The SMILES string of the molecule is C=CCn1c(CO)cc(=O)c(O)c1CN(C)CCC(=O)O. The quantitative estimate of drug-likeness (QED) is 0.590. The summed E-state index contributed by atoms with van der Waals surface area (Å²) in [4.78, 5) is 24.0. The number of carbonyl (C=O) groups is 1. The Morgan fingerprint density at radius 1 is 1.52 bits per heavy atom. The van der Waals surface area contributed by atoms with Gasteiger partial charge in [0, 0.05) is 31.4 Å². The number of carboxylic acid groups (broad SMARTS) is 1. The lowest BCUT2D eigenvalue weighted by molar-refractivity contribution is -0.137.